The van der Waals surface area contributed by atoms with Crippen molar-refractivity contribution in [3.8, 4) is 5.75 Å². The van der Waals surface area contributed by atoms with Crippen LogP contribution in [0.5, 0.6) is 5.75 Å². The summed E-state index contributed by atoms with van der Waals surface area (Å²) in [5.74, 6) is -0.741. The zero-order valence-corrected chi connectivity index (χ0v) is 15.0. The maximum absolute atomic E-state index is 12.3. The van der Waals surface area contributed by atoms with E-state index in [4.69, 9.17) is 4.74 Å². The van der Waals surface area contributed by atoms with E-state index < -0.39 is 11.2 Å². The summed E-state index contributed by atoms with van der Waals surface area (Å²) in [6, 6.07) is 8.22. The molecule has 1 aromatic carbocycles. The van der Waals surface area contributed by atoms with Gasteiger partial charge in [-0.3, -0.25) is 14.4 Å². The van der Waals surface area contributed by atoms with Gasteiger partial charge in [0, 0.05) is 25.7 Å². The fourth-order valence-corrected chi connectivity index (χ4v) is 3.18. The minimum atomic E-state index is -0.631. The second kappa shape index (κ2) is 8.41. The van der Waals surface area contributed by atoms with Crippen LogP contribution >= 0.6 is 11.8 Å². The van der Waals surface area contributed by atoms with Crippen molar-refractivity contribution in [2.75, 3.05) is 5.32 Å². The lowest BCUT2D eigenvalue weighted by Gasteiger charge is -2.11. The van der Waals surface area contributed by atoms with Crippen molar-refractivity contribution >= 4 is 46.3 Å². The molecule has 10 heteroatoms. The molecule has 2 N–H and O–H groups in total. The number of thioether (sulfide) groups is 1. The maximum atomic E-state index is 12.3. The van der Waals surface area contributed by atoms with Crippen LogP contribution in [0.3, 0.4) is 0 Å². The highest BCUT2D eigenvalue weighted by Gasteiger charge is 2.32. The van der Waals surface area contributed by atoms with E-state index in [0.29, 0.717) is 10.9 Å². The zero-order chi connectivity index (χ0) is 19.2. The van der Waals surface area contributed by atoms with Gasteiger partial charge in [-0.05, 0) is 18.2 Å². The Bertz CT molecular complexity index is 903. The molecule has 0 aliphatic carbocycles. The van der Waals surface area contributed by atoms with Gasteiger partial charge < -0.3 is 15.4 Å². The van der Waals surface area contributed by atoms with Crippen molar-refractivity contribution in [1.82, 2.24) is 15.3 Å². The van der Waals surface area contributed by atoms with Gasteiger partial charge in [0.2, 0.25) is 11.8 Å². The molecule has 9 nitrogen and oxygen atoms in total. The van der Waals surface area contributed by atoms with E-state index in [1.54, 1.807) is 42.7 Å². The first-order chi connectivity index (χ1) is 13.0. The number of hydrogen-bond acceptors (Lipinski definition) is 8. The molecular weight excluding hydrogens is 370 g/mol. The number of rotatable bonds is 5. The minimum Gasteiger partial charge on any atom is -0.424 e. The molecule has 1 fully saturated rings. The van der Waals surface area contributed by atoms with Gasteiger partial charge in [-0.15, -0.1) is 0 Å². The monoisotopic (exact) mass is 385 g/mol. The molecule has 138 valence electrons. The van der Waals surface area contributed by atoms with Crippen molar-refractivity contribution < 1.29 is 19.1 Å². The molecular formula is C17H15N5O4S. The SMILES string of the molecule is CC(=O)Oc1ccccc1NC(=O)CC1S/C(=N\c2ncccn2)NC1=O. The summed E-state index contributed by atoms with van der Waals surface area (Å²) in [7, 11) is 0. The third kappa shape index (κ3) is 5.11. The Labute approximate surface area is 158 Å². The number of amidine groups is 1. The number of carbonyl (C=O) groups excluding carboxylic acids is 3. The van der Waals surface area contributed by atoms with Gasteiger partial charge in [0.15, 0.2) is 10.9 Å². The van der Waals surface area contributed by atoms with Crippen LogP contribution < -0.4 is 15.4 Å². The molecule has 1 aliphatic rings. The second-order valence-electron chi connectivity index (χ2n) is 5.40. The summed E-state index contributed by atoms with van der Waals surface area (Å²) in [4.78, 5) is 47.6. The Morgan fingerprint density at radius 3 is 2.74 bits per heavy atom. The quantitative estimate of drug-likeness (QED) is 0.592. The number of para-hydroxylation sites is 2. The summed E-state index contributed by atoms with van der Waals surface area (Å²) >= 11 is 1.13. The van der Waals surface area contributed by atoms with E-state index in [1.807, 2.05) is 0 Å². The molecule has 0 spiro atoms. The number of amides is 2. The summed E-state index contributed by atoms with van der Waals surface area (Å²) in [5.41, 5.74) is 0.354. The summed E-state index contributed by atoms with van der Waals surface area (Å²) in [5, 5.41) is 4.96. The molecule has 1 atom stereocenters. The van der Waals surface area contributed by atoms with Crippen LogP contribution in [0.1, 0.15) is 13.3 Å². The van der Waals surface area contributed by atoms with E-state index in [-0.39, 0.29) is 29.9 Å². The smallest absolute Gasteiger partial charge is 0.308 e. The number of nitrogens with zero attached hydrogens (tertiary/aromatic N) is 3. The van der Waals surface area contributed by atoms with Crippen molar-refractivity contribution in [3.05, 3.63) is 42.7 Å². The number of ether oxygens (including phenoxy) is 1. The van der Waals surface area contributed by atoms with Gasteiger partial charge in [0.25, 0.3) is 5.95 Å². The molecule has 1 aromatic heterocycles. The number of carbonyl (C=O) groups is 3. The van der Waals surface area contributed by atoms with Crippen LogP contribution in [0.15, 0.2) is 47.7 Å². The summed E-state index contributed by atoms with van der Waals surface area (Å²) < 4.78 is 5.05. The van der Waals surface area contributed by atoms with Crippen LogP contribution in [0.4, 0.5) is 11.6 Å². The predicted molar refractivity (Wildman–Crippen MR) is 99.6 cm³/mol. The molecule has 1 aliphatic heterocycles. The molecule has 0 radical (unpaired) electrons. The Morgan fingerprint density at radius 2 is 2.00 bits per heavy atom. The van der Waals surface area contributed by atoms with E-state index in [9.17, 15) is 14.4 Å². The minimum absolute atomic E-state index is 0.0699. The highest BCUT2D eigenvalue weighted by molar-refractivity contribution is 8.15. The highest BCUT2D eigenvalue weighted by atomic mass is 32.2. The lowest BCUT2D eigenvalue weighted by Crippen LogP contribution is -2.28. The van der Waals surface area contributed by atoms with Crippen molar-refractivity contribution in [1.29, 1.82) is 0 Å². The fourth-order valence-electron chi connectivity index (χ4n) is 2.22. The number of aromatic nitrogens is 2. The van der Waals surface area contributed by atoms with Gasteiger partial charge in [-0.2, -0.15) is 4.99 Å². The second-order valence-corrected chi connectivity index (χ2v) is 6.60. The largest absolute Gasteiger partial charge is 0.424 e. The molecule has 3 rings (SSSR count). The Balaban J connectivity index is 1.63. The molecule has 1 saturated heterocycles. The predicted octanol–water partition coefficient (Wildman–Crippen LogP) is 1.65. The van der Waals surface area contributed by atoms with E-state index in [2.05, 4.69) is 25.6 Å². The lowest BCUT2D eigenvalue weighted by atomic mass is 10.2. The number of nitrogens with one attached hydrogen (secondary N) is 2. The topological polar surface area (TPSA) is 123 Å². The van der Waals surface area contributed by atoms with Gasteiger partial charge in [-0.25, -0.2) is 9.97 Å². The summed E-state index contributed by atoms with van der Waals surface area (Å²) in [6.07, 6.45) is 3.01. The highest BCUT2D eigenvalue weighted by Crippen LogP contribution is 2.27. The zero-order valence-electron chi connectivity index (χ0n) is 14.2. The number of hydrogen-bond donors (Lipinski definition) is 2. The van der Waals surface area contributed by atoms with E-state index in [1.165, 1.54) is 6.92 Å². The summed E-state index contributed by atoms with van der Waals surface area (Å²) in [6.45, 7) is 1.27. The van der Waals surface area contributed by atoms with Gasteiger partial charge in [0.1, 0.15) is 5.25 Å². The Morgan fingerprint density at radius 1 is 1.26 bits per heavy atom. The first kappa shape index (κ1) is 18.5. The number of esters is 1. The van der Waals surface area contributed by atoms with Crippen molar-refractivity contribution in [2.24, 2.45) is 4.99 Å². The number of anilines is 1. The van der Waals surface area contributed by atoms with Crippen LogP contribution in [-0.4, -0.2) is 38.2 Å². The number of benzene rings is 1. The molecule has 0 saturated carbocycles. The number of aliphatic imine (C=N–C) groups is 1. The van der Waals surface area contributed by atoms with E-state index >= 15 is 0 Å². The van der Waals surface area contributed by atoms with E-state index in [0.717, 1.165) is 11.8 Å². The van der Waals surface area contributed by atoms with Gasteiger partial charge in [0.05, 0.1) is 5.69 Å². The van der Waals surface area contributed by atoms with Gasteiger partial charge >= 0.3 is 5.97 Å². The Hall–Kier alpha value is -3.27. The first-order valence-electron chi connectivity index (χ1n) is 7.92. The Kier molecular flexibility index (Phi) is 5.77. The molecule has 2 aromatic rings. The molecule has 1 unspecified atom stereocenters. The van der Waals surface area contributed by atoms with Crippen LogP contribution in [-0.2, 0) is 14.4 Å². The van der Waals surface area contributed by atoms with Gasteiger partial charge in [-0.1, -0.05) is 23.9 Å². The van der Waals surface area contributed by atoms with Crippen molar-refractivity contribution in [3.63, 3.8) is 0 Å². The van der Waals surface area contributed by atoms with Crippen LogP contribution in [0.2, 0.25) is 0 Å². The van der Waals surface area contributed by atoms with Crippen molar-refractivity contribution in [2.45, 2.75) is 18.6 Å². The lowest BCUT2D eigenvalue weighted by molar-refractivity contribution is -0.132. The maximum Gasteiger partial charge on any atom is 0.308 e. The van der Waals surface area contributed by atoms with Crippen LogP contribution in [0, 0.1) is 0 Å². The standard InChI is InChI=1S/C17H15N5O4S/c1-10(23)26-12-6-3-2-5-11(12)20-14(24)9-13-15(25)21-17(27-13)22-16-18-7-4-8-19-16/h2-8,13H,9H2,1H3,(H,20,24)(H,18,19,21,22,25). The van der Waals surface area contributed by atoms with Crippen LogP contribution in [0.25, 0.3) is 0 Å². The molecule has 2 amide bonds. The fraction of sp³-hybridized carbons (Fsp3) is 0.176. The third-order valence-corrected chi connectivity index (χ3v) is 4.40. The molecule has 0 bridgehead atoms. The average Bonchev–Trinajstić information content (AvgIpc) is 2.96. The normalized spacial score (nSPS) is 17.4. The first-order valence-corrected chi connectivity index (χ1v) is 8.80. The third-order valence-electron chi connectivity index (χ3n) is 3.32. The average molecular weight is 385 g/mol. The molecule has 2 heterocycles. The molecule has 27 heavy (non-hydrogen) atoms.